The lowest BCUT2D eigenvalue weighted by atomic mass is 9.82. The number of benzene rings is 2. The van der Waals surface area contributed by atoms with E-state index in [1.165, 1.54) is 33.9 Å². The second kappa shape index (κ2) is 13.0. The Morgan fingerprint density at radius 3 is 2.56 bits per heavy atom. The Kier molecular flexibility index (Phi) is 8.54. The van der Waals surface area contributed by atoms with E-state index in [0.717, 1.165) is 118 Å². The van der Waals surface area contributed by atoms with E-state index < -0.39 is 5.97 Å². The van der Waals surface area contributed by atoms with Gasteiger partial charge in [0.15, 0.2) is 11.4 Å². The third-order valence-corrected chi connectivity index (χ3v) is 10.9. The summed E-state index contributed by atoms with van der Waals surface area (Å²) in [6.07, 6.45) is 15.3. The van der Waals surface area contributed by atoms with Crippen LogP contribution in [0, 0.1) is 5.71 Å². The van der Waals surface area contributed by atoms with Crippen molar-refractivity contribution >= 4 is 23.1 Å². The molecule has 260 valence electrons. The number of nitrogens with one attached hydrogen (secondary N) is 2. The Morgan fingerprint density at radius 2 is 1.74 bits per heavy atom. The van der Waals surface area contributed by atoms with Gasteiger partial charge in [0, 0.05) is 83.3 Å². The molecule has 0 saturated heterocycles. The molecule has 1 amide bonds. The van der Waals surface area contributed by atoms with Crippen LogP contribution in [0.2, 0.25) is 0 Å². The van der Waals surface area contributed by atoms with Gasteiger partial charge in [-0.05, 0) is 102 Å². The van der Waals surface area contributed by atoms with Gasteiger partial charge >= 0.3 is 5.97 Å². The molecular weight excluding hydrogens is 624 g/mol. The van der Waals surface area contributed by atoms with Crippen molar-refractivity contribution < 1.29 is 23.7 Å². The van der Waals surface area contributed by atoms with E-state index in [2.05, 4.69) is 64.8 Å². The number of allylic oxidation sites excluding steroid dienone is 2. The molecule has 0 atom stereocenters. The molecular formula is C42H49N4O4+. The third kappa shape index (κ3) is 5.91. The first-order chi connectivity index (χ1) is 24.2. The van der Waals surface area contributed by atoms with Crippen LogP contribution in [0.15, 0.2) is 42.5 Å². The van der Waals surface area contributed by atoms with Crippen LogP contribution in [0.25, 0.3) is 5.57 Å². The van der Waals surface area contributed by atoms with E-state index in [9.17, 15) is 14.7 Å². The van der Waals surface area contributed by atoms with Crippen LogP contribution >= 0.6 is 0 Å². The van der Waals surface area contributed by atoms with E-state index in [-0.39, 0.29) is 17.0 Å². The summed E-state index contributed by atoms with van der Waals surface area (Å²) in [6.45, 7) is 10.1. The molecule has 8 rings (SSSR count). The van der Waals surface area contributed by atoms with Crippen LogP contribution in [0.4, 0.5) is 5.69 Å². The van der Waals surface area contributed by atoms with Crippen LogP contribution in [0.5, 0.6) is 11.5 Å². The molecule has 5 aliphatic heterocycles. The molecule has 0 spiro atoms. The van der Waals surface area contributed by atoms with E-state index >= 15 is 0 Å². The fraction of sp³-hybridized carbons (Fsp3) is 0.452. The number of fused-ring (bicyclic) bond motifs is 4. The molecule has 0 aliphatic carbocycles. The van der Waals surface area contributed by atoms with Crippen molar-refractivity contribution in [1.82, 2.24) is 10.6 Å². The highest BCUT2D eigenvalue weighted by molar-refractivity contribution is 6.03. The molecule has 3 N–H and O–H groups in total. The minimum Gasteiger partial charge on any atom is -0.478 e. The highest BCUT2D eigenvalue weighted by Crippen LogP contribution is 2.48. The molecule has 8 nitrogen and oxygen atoms in total. The minimum atomic E-state index is -1.04. The van der Waals surface area contributed by atoms with Crippen molar-refractivity contribution in [1.29, 1.82) is 0 Å². The van der Waals surface area contributed by atoms with E-state index in [1.54, 1.807) is 12.1 Å². The maximum atomic E-state index is 13.3. The van der Waals surface area contributed by atoms with Crippen molar-refractivity contribution in [2.75, 3.05) is 31.1 Å². The molecule has 3 aromatic rings. The number of carboxylic acid groups (broad SMARTS) is 1. The third-order valence-electron chi connectivity index (χ3n) is 10.9. The standard InChI is InChI=1S/C42H48N4O4/c1-42(2,3)44-20-6-4-5-19-43-40(47)27-17-18-30(32(24-27)41(48)49)36-33-23-26-11-9-21-45-22-10-15-31(37(26)45)38(33)50-39-34(36)25-29-14-7-12-28-13-8-16-35(39)46(28)29/h7,12,17-18,23-25,44H,4-6,8-11,13-16,19-22H2,1-3H3,(H-,43,47,48,49)/p+1. The molecule has 1 aromatic heterocycles. The van der Waals surface area contributed by atoms with Crippen molar-refractivity contribution in [2.45, 2.75) is 96.9 Å². The van der Waals surface area contributed by atoms with Crippen LogP contribution < -0.4 is 29.7 Å². The van der Waals surface area contributed by atoms with Crippen molar-refractivity contribution in [3.8, 4) is 11.5 Å². The smallest absolute Gasteiger partial charge is 0.336 e. The molecule has 0 saturated carbocycles. The first-order valence-electron chi connectivity index (χ1n) is 18.7. The number of hydrogen-bond donors (Lipinski definition) is 3. The minimum absolute atomic E-state index is 0.0979. The Balaban J connectivity index is 1.22. The quantitative estimate of drug-likeness (QED) is 0.153. The topological polar surface area (TPSA) is 96.8 Å². The average molecular weight is 674 g/mol. The van der Waals surface area contributed by atoms with E-state index in [1.807, 2.05) is 6.07 Å². The fourth-order valence-corrected chi connectivity index (χ4v) is 8.73. The molecule has 0 unspecified atom stereocenters. The van der Waals surface area contributed by atoms with Crippen molar-refractivity contribution in [2.24, 2.45) is 0 Å². The molecule has 0 radical (unpaired) electrons. The van der Waals surface area contributed by atoms with Gasteiger partial charge in [-0.15, -0.1) is 0 Å². The van der Waals surface area contributed by atoms with Crippen molar-refractivity contribution in [3.05, 3.63) is 98.2 Å². The number of hydrogen-bond acceptors (Lipinski definition) is 5. The molecule has 0 bridgehead atoms. The molecule has 2 aromatic carbocycles. The maximum Gasteiger partial charge on any atom is 0.336 e. The Labute approximate surface area is 294 Å². The number of anilines is 1. The van der Waals surface area contributed by atoms with Gasteiger partial charge in [-0.25, -0.2) is 4.79 Å². The van der Waals surface area contributed by atoms with Gasteiger partial charge in [-0.2, -0.15) is 4.24 Å². The largest absolute Gasteiger partial charge is 0.478 e. The average Bonchev–Trinajstić information content (AvgIpc) is 3.10. The lowest BCUT2D eigenvalue weighted by Crippen LogP contribution is -2.41. The number of rotatable bonds is 9. The molecule has 8 heteroatoms. The summed E-state index contributed by atoms with van der Waals surface area (Å²) in [5, 5.41) is 18.2. The number of pyridine rings is 1. The number of ether oxygens (including phenoxy) is 1. The van der Waals surface area contributed by atoms with Gasteiger partial charge in [-0.3, -0.25) is 4.79 Å². The number of nitrogens with zero attached hydrogens (tertiary/aromatic N) is 2. The highest BCUT2D eigenvalue weighted by Gasteiger charge is 2.37. The predicted octanol–water partition coefficient (Wildman–Crippen LogP) is 5.84. The summed E-state index contributed by atoms with van der Waals surface area (Å²) in [5.74, 6) is 0.446. The number of aromatic nitrogens is 1. The highest BCUT2D eigenvalue weighted by atomic mass is 16.5. The number of aryl methyl sites for hydroxylation is 1. The number of amides is 1. The van der Waals surface area contributed by atoms with Crippen LogP contribution in [0.3, 0.4) is 0 Å². The molecule has 5 aliphatic rings. The number of carboxylic acids is 1. The summed E-state index contributed by atoms with van der Waals surface area (Å²) in [7, 11) is 0. The lowest BCUT2D eigenvalue weighted by Gasteiger charge is -2.39. The zero-order valence-corrected chi connectivity index (χ0v) is 29.7. The van der Waals surface area contributed by atoms with Crippen LogP contribution in [-0.2, 0) is 25.7 Å². The molecule has 0 fully saturated rings. The maximum absolute atomic E-state index is 13.3. The number of carbonyl (C=O) groups is 2. The second-order valence-electron chi connectivity index (χ2n) is 15.6. The fourth-order valence-electron chi connectivity index (χ4n) is 8.73. The molecule has 50 heavy (non-hydrogen) atoms. The summed E-state index contributed by atoms with van der Waals surface area (Å²) in [5.41, 5.74) is 10.7. The van der Waals surface area contributed by atoms with Crippen LogP contribution in [-0.4, -0.2) is 48.7 Å². The Hall–Kier alpha value is -4.43. The summed E-state index contributed by atoms with van der Waals surface area (Å²) < 4.78 is 9.50. The zero-order valence-electron chi connectivity index (χ0n) is 29.7. The molecule has 6 heterocycles. The van der Waals surface area contributed by atoms with Gasteiger partial charge in [-0.1, -0.05) is 18.6 Å². The first kappa shape index (κ1) is 32.8. The number of aromatic carboxylic acids is 1. The van der Waals surface area contributed by atoms with Gasteiger partial charge in [0.2, 0.25) is 11.4 Å². The normalized spacial score (nSPS) is 17.0. The number of carbonyl (C=O) groups excluding carboxylic acids is 1. The second-order valence-corrected chi connectivity index (χ2v) is 15.6. The predicted molar refractivity (Wildman–Crippen MR) is 195 cm³/mol. The van der Waals surface area contributed by atoms with Gasteiger partial charge in [0.05, 0.1) is 12.0 Å². The van der Waals surface area contributed by atoms with Gasteiger partial charge in [0.1, 0.15) is 5.75 Å². The van der Waals surface area contributed by atoms with Crippen LogP contribution in [0.1, 0.15) is 120 Å². The van der Waals surface area contributed by atoms with Gasteiger partial charge < -0.3 is 25.4 Å². The lowest BCUT2D eigenvalue weighted by molar-refractivity contribution is -0.546. The SMILES string of the molecule is CC(C)(C)NCCCCCNC(=O)c1ccc(C2=c3cc4[n+]5c(c3Oc3c2cc2c6c3CCCN6CCC2)CCCC=5C=CC4)c(C(=O)O)c1. The monoisotopic (exact) mass is 673 g/mol. The first-order valence-corrected chi connectivity index (χ1v) is 18.7. The Bertz CT molecular complexity index is 2070. The summed E-state index contributed by atoms with van der Waals surface area (Å²) in [6, 6.07) is 9.73. The van der Waals surface area contributed by atoms with Gasteiger partial charge in [0.25, 0.3) is 5.91 Å². The Morgan fingerprint density at radius 1 is 0.920 bits per heavy atom. The number of unbranched alkanes of at least 4 members (excludes halogenated alkanes) is 2. The van der Waals surface area contributed by atoms with E-state index in [4.69, 9.17) is 4.74 Å². The van der Waals surface area contributed by atoms with E-state index in [0.29, 0.717) is 17.7 Å². The summed E-state index contributed by atoms with van der Waals surface area (Å²) in [4.78, 5) is 29.0. The zero-order chi connectivity index (χ0) is 34.6. The summed E-state index contributed by atoms with van der Waals surface area (Å²) >= 11 is 0. The van der Waals surface area contributed by atoms with Crippen molar-refractivity contribution in [3.63, 3.8) is 0 Å².